The molecule has 1 aliphatic carbocycles. The fourth-order valence-corrected chi connectivity index (χ4v) is 3.86. The molecule has 0 radical (unpaired) electrons. The zero-order valence-corrected chi connectivity index (χ0v) is 13.4. The third kappa shape index (κ3) is 2.63. The summed E-state index contributed by atoms with van der Waals surface area (Å²) in [4.78, 5) is 0. The summed E-state index contributed by atoms with van der Waals surface area (Å²) in [5.74, 6) is 1.85. The summed E-state index contributed by atoms with van der Waals surface area (Å²) in [6, 6.07) is 20.8. The Bertz CT molecular complexity index is 829. The van der Waals surface area contributed by atoms with Crippen LogP contribution in [0.25, 0.3) is 0 Å². The van der Waals surface area contributed by atoms with Crippen LogP contribution < -0.4 is 0 Å². The number of allylic oxidation sites excluding steroid dienone is 4. The van der Waals surface area contributed by atoms with E-state index in [1.54, 1.807) is 0 Å². The van der Waals surface area contributed by atoms with Gasteiger partial charge in [0.2, 0.25) is 0 Å². The smallest absolute Gasteiger partial charge is 0.125 e. The van der Waals surface area contributed by atoms with E-state index in [-0.39, 0.29) is 6.10 Å². The Balaban J connectivity index is 1.74. The maximum Gasteiger partial charge on any atom is 0.125 e. The molecular weight excluding hydrogens is 294 g/mol. The van der Waals surface area contributed by atoms with Gasteiger partial charge in [-0.15, -0.1) is 0 Å². The summed E-state index contributed by atoms with van der Waals surface area (Å²) in [6.45, 7) is 0. The van der Waals surface area contributed by atoms with E-state index in [4.69, 9.17) is 4.74 Å². The number of nitrogens with zero attached hydrogens (tertiary/aromatic N) is 1. The van der Waals surface area contributed by atoms with E-state index in [2.05, 4.69) is 54.6 Å². The molecule has 118 valence electrons. The molecule has 0 saturated carbocycles. The van der Waals surface area contributed by atoms with Crippen LogP contribution in [0.2, 0.25) is 0 Å². The zero-order valence-electron chi connectivity index (χ0n) is 13.4. The summed E-state index contributed by atoms with van der Waals surface area (Å²) in [5.41, 5.74) is 3.06. The molecule has 24 heavy (non-hydrogen) atoms. The Labute approximate surface area is 142 Å². The molecule has 0 bridgehead atoms. The van der Waals surface area contributed by atoms with Gasteiger partial charge in [-0.25, -0.2) is 0 Å². The van der Waals surface area contributed by atoms with E-state index < -0.39 is 0 Å². The van der Waals surface area contributed by atoms with E-state index in [1.165, 1.54) is 5.56 Å². The summed E-state index contributed by atoms with van der Waals surface area (Å²) < 4.78 is 6.33. The van der Waals surface area contributed by atoms with Crippen molar-refractivity contribution in [3.8, 4) is 6.07 Å². The minimum Gasteiger partial charge on any atom is -0.490 e. The van der Waals surface area contributed by atoms with Gasteiger partial charge in [0.25, 0.3) is 0 Å². The molecule has 2 aliphatic rings. The van der Waals surface area contributed by atoms with Crippen LogP contribution in [0.15, 0.2) is 78.6 Å². The highest BCUT2D eigenvalue weighted by molar-refractivity contribution is 5.40. The highest BCUT2D eigenvalue weighted by Crippen LogP contribution is 2.48. The second-order valence-electron chi connectivity index (χ2n) is 6.40. The fraction of sp³-hybridized carbons (Fsp3) is 0.227. The molecular formula is C22H19NO. The number of rotatable bonds is 2. The monoisotopic (exact) mass is 313 g/mol. The number of hydrogen-bond acceptors (Lipinski definition) is 2. The molecule has 1 heterocycles. The lowest BCUT2D eigenvalue weighted by Gasteiger charge is -2.40. The first-order valence-electron chi connectivity index (χ1n) is 8.44. The summed E-state index contributed by atoms with van der Waals surface area (Å²) in [5, 5.41) is 9.43. The molecule has 1 saturated heterocycles. The molecule has 1 fully saturated rings. The largest absolute Gasteiger partial charge is 0.490 e. The maximum absolute atomic E-state index is 9.43. The first kappa shape index (κ1) is 14.8. The van der Waals surface area contributed by atoms with Crippen LogP contribution in [0.4, 0.5) is 0 Å². The zero-order chi connectivity index (χ0) is 16.4. The van der Waals surface area contributed by atoms with Crippen molar-refractivity contribution in [2.24, 2.45) is 5.92 Å². The predicted molar refractivity (Wildman–Crippen MR) is 94.1 cm³/mol. The topological polar surface area (TPSA) is 33.0 Å². The second-order valence-corrected chi connectivity index (χ2v) is 6.40. The molecule has 0 N–H and O–H groups in total. The predicted octanol–water partition coefficient (Wildman–Crippen LogP) is 5.26. The minimum absolute atomic E-state index is 0.0694. The van der Waals surface area contributed by atoms with Crippen molar-refractivity contribution in [2.75, 3.05) is 0 Å². The standard InChI is InChI=1S/C22H19NO/c23-15-17-10-4-5-11-18(17)22-14-20(16-8-2-1-3-9-16)19-12-6-7-13-21(19)24-22/h1-11,13,19-20,22H,12,14H2. The molecule has 0 amide bonds. The SMILES string of the molecule is N#Cc1ccccc1C1CC(c2ccccc2)C2CC=CC=C2O1. The lowest BCUT2D eigenvalue weighted by Crippen LogP contribution is -2.27. The molecule has 2 aromatic rings. The molecule has 2 nitrogen and oxygen atoms in total. The van der Waals surface area contributed by atoms with Crippen molar-refractivity contribution < 1.29 is 4.74 Å². The van der Waals surface area contributed by atoms with Crippen LogP contribution in [0.3, 0.4) is 0 Å². The molecule has 3 atom stereocenters. The van der Waals surface area contributed by atoms with Crippen LogP contribution in [0.5, 0.6) is 0 Å². The molecule has 2 aromatic carbocycles. The second kappa shape index (κ2) is 6.37. The number of hydrogen-bond donors (Lipinski definition) is 0. The first-order valence-corrected chi connectivity index (χ1v) is 8.44. The first-order chi connectivity index (χ1) is 11.9. The van der Waals surface area contributed by atoms with E-state index in [9.17, 15) is 5.26 Å². The molecule has 0 aromatic heterocycles. The number of ether oxygens (including phenoxy) is 1. The highest BCUT2D eigenvalue weighted by Gasteiger charge is 2.37. The number of nitriles is 1. The quantitative estimate of drug-likeness (QED) is 0.757. The van der Waals surface area contributed by atoms with Crippen molar-refractivity contribution in [3.05, 3.63) is 95.3 Å². The van der Waals surface area contributed by atoms with Crippen LogP contribution >= 0.6 is 0 Å². The van der Waals surface area contributed by atoms with E-state index in [0.717, 1.165) is 24.2 Å². The van der Waals surface area contributed by atoms with Crippen molar-refractivity contribution >= 4 is 0 Å². The van der Waals surface area contributed by atoms with Gasteiger partial charge >= 0.3 is 0 Å². The summed E-state index contributed by atoms with van der Waals surface area (Å²) >= 11 is 0. The molecule has 4 rings (SSSR count). The Kier molecular flexibility index (Phi) is 3.92. The van der Waals surface area contributed by atoms with Gasteiger partial charge in [0.15, 0.2) is 0 Å². The minimum atomic E-state index is -0.0694. The van der Waals surface area contributed by atoms with Gasteiger partial charge in [0.05, 0.1) is 11.6 Å². The Hall–Kier alpha value is -2.79. The average molecular weight is 313 g/mol. The lowest BCUT2D eigenvalue weighted by molar-refractivity contribution is 0.0314. The lowest BCUT2D eigenvalue weighted by atomic mass is 9.74. The van der Waals surface area contributed by atoms with Gasteiger partial charge in [-0.05, 0) is 36.5 Å². The van der Waals surface area contributed by atoms with Gasteiger partial charge in [0.1, 0.15) is 11.9 Å². The Morgan fingerprint density at radius 2 is 1.75 bits per heavy atom. The van der Waals surface area contributed by atoms with Crippen LogP contribution in [-0.2, 0) is 4.74 Å². The maximum atomic E-state index is 9.43. The molecule has 1 aliphatic heterocycles. The summed E-state index contributed by atoms with van der Waals surface area (Å²) in [6.07, 6.45) is 8.23. The van der Waals surface area contributed by atoms with Crippen molar-refractivity contribution in [1.29, 1.82) is 5.26 Å². The van der Waals surface area contributed by atoms with E-state index in [0.29, 0.717) is 17.4 Å². The van der Waals surface area contributed by atoms with Crippen molar-refractivity contribution in [3.63, 3.8) is 0 Å². The van der Waals surface area contributed by atoms with Crippen LogP contribution in [-0.4, -0.2) is 0 Å². The third-order valence-electron chi connectivity index (χ3n) is 5.04. The van der Waals surface area contributed by atoms with Crippen molar-refractivity contribution in [2.45, 2.75) is 24.9 Å². The van der Waals surface area contributed by atoms with Gasteiger partial charge < -0.3 is 4.74 Å². The molecule has 2 heteroatoms. The van der Waals surface area contributed by atoms with Gasteiger partial charge in [0, 0.05) is 11.5 Å². The van der Waals surface area contributed by atoms with Crippen LogP contribution in [0.1, 0.15) is 41.6 Å². The Morgan fingerprint density at radius 3 is 2.58 bits per heavy atom. The fourth-order valence-electron chi connectivity index (χ4n) is 3.86. The number of benzene rings is 2. The summed E-state index contributed by atoms with van der Waals surface area (Å²) in [7, 11) is 0. The Morgan fingerprint density at radius 1 is 0.958 bits per heavy atom. The van der Waals surface area contributed by atoms with Crippen LogP contribution in [0, 0.1) is 17.2 Å². The van der Waals surface area contributed by atoms with Gasteiger partial charge in [-0.2, -0.15) is 5.26 Å². The highest BCUT2D eigenvalue weighted by atomic mass is 16.5. The molecule has 3 unspecified atom stereocenters. The van der Waals surface area contributed by atoms with E-state index >= 15 is 0 Å². The normalized spacial score (nSPS) is 25.1. The molecule has 0 spiro atoms. The van der Waals surface area contributed by atoms with Gasteiger partial charge in [-0.1, -0.05) is 60.7 Å². The average Bonchev–Trinajstić information content (AvgIpc) is 2.67. The third-order valence-corrected chi connectivity index (χ3v) is 5.04. The van der Waals surface area contributed by atoms with E-state index in [1.807, 2.05) is 24.3 Å². The van der Waals surface area contributed by atoms with Gasteiger partial charge in [-0.3, -0.25) is 0 Å². The number of fused-ring (bicyclic) bond motifs is 1. The van der Waals surface area contributed by atoms with Crippen molar-refractivity contribution in [1.82, 2.24) is 0 Å².